The summed E-state index contributed by atoms with van der Waals surface area (Å²) in [4.78, 5) is 0. The van der Waals surface area contributed by atoms with Gasteiger partial charge >= 0.3 is 0 Å². The van der Waals surface area contributed by atoms with Crippen LogP contribution in [-0.4, -0.2) is 30.9 Å². The standard InChI is InChI=1S/C12H19NO2/c1-3-13-11(8-14)9-15-12-6-4-5-10(2)7-12/h4-7,11,13-14H,3,8-9H2,1-2H3. The van der Waals surface area contributed by atoms with Crippen molar-refractivity contribution < 1.29 is 9.84 Å². The topological polar surface area (TPSA) is 41.5 Å². The second-order valence-electron chi connectivity index (χ2n) is 3.56. The van der Waals surface area contributed by atoms with Gasteiger partial charge in [0.15, 0.2) is 0 Å². The van der Waals surface area contributed by atoms with Crippen molar-refractivity contribution in [3.8, 4) is 5.75 Å². The number of nitrogens with one attached hydrogen (secondary N) is 1. The van der Waals surface area contributed by atoms with Crippen LogP contribution in [0.1, 0.15) is 12.5 Å². The summed E-state index contributed by atoms with van der Waals surface area (Å²) >= 11 is 0. The lowest BCUT2D eigenvalue weighted by molar-refractivity contribution is 0.184. The van der Waals surface area contributed by atoms with Gasteiger partial charge in [-0.1, -0.05) is 19.1 Å². The summed E-state index contributed by atoms with van der Waals surface area (Å²) in [6.45, 7) is 5.46. The molecule has 1 unspecified atom stereocenters. The number of aliphatic hydroxyl groups excluding tert-OH is 1. The third kappa shape index (κ3) is 4.32. The Morgan fingerprint density at radius 1 is 1.47 bits per heavy atom. The first kappa shape index (κ1) is 12.0. The highest BCUT2D eigenvalue weighted by Crippen LogP contribution is 2.12. The Morgan fingerprint density at radius 3 is 2.87 bits per heavy atom. The van der Waals surface area contributed by atoms with Gasteiger partial charge in [0, 0.05) is 0 Å². The van der Waals surface area contributed by atoms with E-state index in [0.29, 0.717) is 6.61 Å². The Balaban J connectivity index is 2.41. The number of aliphatic hydroxyl groups is 1. The normalized spacial score (nSPS) is 12.5. The van der Waals surface area contributed by atoms with E-state index in [-0.39, 0.29) is 12.6 Å². The Morgan fingerprint density at radius 2 is 2.27 bits per heavy atom. The van der Waals surface area contributed by atoms with Crippen molar-refractivity contribution in [1.82, 2.24) is 5.32 Å². The van der Waals surface area contributed by atoms with Crippen LogP contribution in [0.15, 0.2) is 24.3 Å². The third-order valence-electron chi connectivity index (χ3n) is 2.15. The SMILES string of the molecule is CCNC(CO)COc1cccc(C)c1. The molecule has 0 aliphatic heterocycles. The van der Waals surface area contributed by atoms with E-state index in [1.54, 1.807) is 0 Å². The van der Waals surface area contributed by atoms with Crippen molar-refractivity contribution in [3.63, 3.8) is 0 Å². The van der Waals surface area contributed by atoms with Gasteiger partial charge in [-0.2, -0.15) is 0 Å². The molecule has 0 bridgehead atoms. The maximum atomic E-state index is 9.05. The summed E-state index contributed by atoms with van der Waals surface area (Å²) in [6.07, 6.45) is 0. The van der Waals surface area contributed by atoms with E-state index in [1.807, 2.05) is 38.1 Å². The highest BCUT2D eigenvalue weighted by atomic mass is 16.5. The molecule has 0 aliphatic carbocycles. The predicted octanol–water partition coefficient (Wildman–Crippen LogP) is 1.34. The fourth-order valence-corrected chi connectivity index (χ4v) is 1.37. The number of hydrogen-bond acceptors (Lipinski definition) is 3. The summed E-state index contributed by atoms with van der Waals surface area (Å²) in [6, 6.07) is 7.91. The fourth-order valence-electron chi connectivity index (χ4n) is 1.37. The van der Waals surface area contributed by atoms with Crippen LogP contribution in [0.2, 0.25) is 0 Å². The molecule has 1 aromatic carbocycles. The Kier molecular flexibility index (Phi) is 5.15. The Labute approximate surface area is 91.1 Å². The highest BCUT2D eigenvalue weighted by Gasteiger charge is 2.05. The molecule has 0 amide bonds. The van der Waals surface area contributed by atoms with Crippen molar-refractivity contribution in [1.29, 1.82) is 0 Å². The zero-order chi connectivity index (χ0) is 11.1. The summed E-state index contributed by atoms with van der Waals surface area (Å²) in [5, 5.41) is 12.2. The summed E-state index contributed by atoms with van der Waals surface area (Å²) in [5.74, 6) is 0.853. The predicted molar refractivity (Wildman–Crippen MR) is 61.2 cm³/mol. The van der Waals surface area contributed by atoms with Crippen molar-refractivity contribution in [2.45, 2.75) is 19.9 Å². The molecule has 0 fully saturated rings. The Hall–Kier alpha value is -1.06. The molecule has 15 heavy (non-hydrogen) atoms. The molecule has 1 atom stereocenters. The van der Waals surface area contributed by atoms with E-state index in [1.165, 1.54) is 5.56 Å². The van der Waals surface area contributed by atoms with Crippen molar-refractivity contribution in [2.24, 2.45) is 0 Å². The van der Waals surface area contributed by atoms with Gasteiger partial charge in [-0.3, -0.25) is 0 Å². The van der Waals surface area contributed by atoms with Gasteiger partial charge in [-0.05, 0) is 31.2 Å². The van der Waals surface area contributed by atoms with Gasteiger partial charge in [-0.15, -0.1) is 0 Å². The first-order valence-electron chi connectivity index (χ1n) is 5.30. The number of ether oxygens (including phenoxy) is 1. The first-order chi connectivity index (χ1) is 7.26. The third-order valence-corrected chi connectivity index (χ3v) is 2.15. The van der Waals surface area contributed by atoms with E-state index in [9.17, 15) is 0 Å². The highest BCUT2D eigenvalue weighted by molar-refractivity contribution is 5.27. The van der Waals surface area contributed by atoms with E-state index < -0.39 is 0 Å². The minimum atomic E-state index is 0.00973. The van der Waals surface area contributed by atoms with E-state index >= 15 is 0 Å². The average molecular weight is 209 g/mol. The molecule has 0 aromatic heterocycles. The van der Waals surface area contributed by atoms with Crippen LogP contribution in [0.5, 0.6) is 5.75 Å². The minimum Gasteiger partial charge on any atom is -0.492 e. The summed E-state index contributed by atoms with van der Waals surface area (Å²) in [7, 11) is 0. The summed E-state index contributed by atoms with van der Waals surface area (Å²) in [5.41, 5.74) is 1.18. The van der Waals surface area contributed by atoms with Gasteiger partial charge in [0.05, 0.1) is 12.6 Å². The maximum absolute atomic E-state index is 9.05. The molecule has 0 spiro atoms. The van der Waals surface area contributed by atoms with Crippen LogP contribution in [-0.2, 0) is 0 Å². The fraction of sp³-hybridized carbons (Fsp3) is 0.500. The number of benzene rings is 1. The second kappa shape index (κ2) is 6.43. The van der Waals surface area contributed by atoms with Gasteiger partial charge in [-0.25, -0.2) is 0 Å². The molecule has 1 rings (SSSR count). The van der Waals surface area contributed by atoms with Crippen LogP contribution < -0.4 is 10.1 Å². The van der Waals surface area contributed by atoms with Crippen LogP contribution in [0.3, 0.4) is 0 Å². The maximum Gasteiger partial charge on any atom is 0.119 e. The smallest absolute Gasteiger partial charge is 0.119 e. The number of rotatable bonds is 6. The van der Waals surface area contributed by atoms with Crippen molar-refractivity contribution in [3.05, 3.63) is 29.8 Å². The van der Waals surface area contributed by atoms with Crippen molar-refractivity contribution in [2.75, 3.05) is 19.8 Å². The first-order valence-corrected chi connectivity index (χ1v) is 5.30. The zero-order valence-corrected chi connectivity index (χ0v) is 9.36. The monoisotopic (exact) mass is 209 g/mol. The van der Waals surface area contributed by atoms with Crippen LogP contribution in [0.4, 0.5) is 0 Å². The molecule has 1 aromatic rings. The average Bonchev–Trinajstić information content (AvgIpc) is 2.24. The van der Waals surface area contributed by atoms with Gasteiger partial charge in [0.1, 0.15) is 12.4 Å². The molecule has 0 saturated carbocycles. The van der Waals surface area contributed by atoms with Gasteiger partial charge < -0.3 is 15.2 Å². The molecule has 0 saturated heterocycles. The van der Waals surface area contributed by atoms with Crippen molar-refractivity contribution >= 4 is 0 Å². The number of likely N-dealkylation sites (N-methyl/N-ethyl adjacent to an activating group) is 1. The molecular formula is C12H19NO2. The quantitative estimate of drug-likeness (QED) is 0.743. The number of hydrogen-bond donors (Lipinski definition) is 2. The molecule has 0 radical (unpaired) electrons. The largest absolute Gasteiger partial charge is 0.492 e. The van der Waals surface area contributed by atoms with Gasteiger partial charge in [0.2, 0.25) is 0 Å². The lowest BCUT2D eigenvalue weighted by atomic mass is 10.2. The van der Waals surface area contributed by atoms with Crippen LogP contribution in [0.25, 0.3) is 0 Å². The molecule has 0 heterocycles. The summed E-state index contributed by atoms with van der Waals surface area (Å²) < 4.78 is 5.57. The van der Waals surface area contributed by atoms with E-state index in [4.69, 9.17) is 9.84 Å². The van der Waals surface area contributed by atoms with Gasteiger partial charge in [0.25, 0.3) is 0 Å². The van der Waals surface area contributed by atoms with E-state index in [0.717, 1.165) is 12.3 Å². The lowest BCUT2D eigenvalue weighted by Gasteiger charge is -2.16. The molecule has 2 N–H and O–H groups in total. The lowest BCUT2D eigenvalue weighted by Crippen LogP contribution is -2.37. The molecule has 3 heteroatoms. The second-order valence-corrected chi connectivity index (χ2v) is 3.56. The number of aryl methyl sites for hydroxylation is 1. The van der Waals surface area contributed by atoms with E-state index in [2.05, 4.69) is 5.32 Å². The van der Waals surface area contributed by atoms with Crippen LogP contribution in [0, 0.1) is 6.92 Å². The minimum absolute atomic E-state index is 0.00973. The Bertz CT molecular complexity index is 289. The van der Waals surface area contributed by atoms with Crippen LogP contribution >= 0.6 is 0 Å². The zero-order valence-electron chi connectivity index (χ0n) is 9.36. The molecule has 84 valence electrons. The molecule has 0 aliphatic rings. The molecular weight excluding hydrogens is 190 g/mol. The molecule has 3 nitrogen and oxygen atoms in total.